The maximum Gasteiger partial charge on any atom is 0.224 e. The van der Waals surface area contributed by atoms with Crippen LogP contribution in [0.1, 0.15) is 65.2 Å². The molecular weight excluding hydrogens is 236 g/mol. The van der Waals surface area contributed by atoms with Gasteiger partial charge in [0, 0.05) is 12.1 Å². The molecule has 110 valence electrons. The van der Waals surface area contributed by atoms with Crippen molar-refractivity contribution in [3.8, 4) is 0 Å². The molecule has 0 aromatic carbocycles. The monoisotopic (exact) mass is 266 g/mol. The van der Waals surface area contributed by atoms with Crippen LogP contribution in [0.2, 0.25) is 0 Å². The molecule has 0 bridgehead atoms. The lowest BCUT2D eigenvalue weighted by atomic mass is 9.83. The van der Waals surface area contributed by atoms with Gasteiger partial charge in [-0.25, -0.2) is 0 Å². The van der Waals surface area contributed by atoms with Gasteiger partial charge < -0.3 is 10.6 Å². The van der Waals surface area contributed by atoms with Gasteiger partial charge in [0.05, 0.1) is 5.92 Å². The fourth-order valence-electron chi connectivity index (χ4n) is 3.71. The Morgan fingerprint density at radius 2 is 1.95 bits per heavy atom. The highest BCUT2D eigenvalue weighted by molar-refractivity contribution is 5.79. The summed E-state index contributed by atoms with van der Waals surface area (Å²) in [7, 11) is 0. The summed E-state index contributed by atoms with van der Waals surface area (Å²) >= 11 is 0. The van der Waals surface area contributed by atoms with E-state index in [-0.39, 0.29) is 5.92 Å². The zero-order chi connectivity index (χ0) is 13.7. The Balaban J connectivity index is 1.74. The molecule has 2 N–H and O–H groups in total. The highest BCUT2D eigenvalue weighted by Crippen LogP contribution is 2.28. The predicted octanol–water partition coefficient (Wildman–Crippen LogP) is 2.85. The molecule has 2 atom stereocenters. The summed E-state index contributed by atoms with van der Waals surface area (Å²) in [6, 6.07) is 0.778. The SMILES string of the molecule is CCCC1CCC(NC(=O)C2CCCNC2C)CC1. The van der Waals surface area contributed by atoms with Crippen LogP contribution in [0.5, 0.6) is 0 Å². The van der Waals surface area contributed by atoms with Crippen LogP contribution in [0.25, 0.3) is 0 Å². The molecule has 1 saturated carbocycles. The topological polar surface area (TPSA) is 41.1 Å². The minimum atomic E-state index is 0.183. The van der Waals surface area contributed by atoms with E-state index < -0.39 is 0 Å². The Hall–Kier alpha value is -0.570. The second kappa shape index (κ2) is 7.28. The van der Waals surface area contributed by atoms with E-state index >= 15 is 0 Å². The largest absolute Gasteiger partial charge is 0.353 e. The Labute approximate surface area is 117 Å². The van der Waals surface area contributed by atoms with Crippen molar-refractivity contribution < 1.29 is 4.79 Å². The van der Waals surface area contributed by atoms with E-state index in [0.29, 0.717) is 18.0 Å². The van der Waals surface area contributed by atoms with Crippen LogP contribution in [0.3, 0.4) is 0 Å². The maximum atomic E-state index is 12.3. The minimum Gasteiger partial charge on any atom is -0.353 e. The third-order valence-corrected chi connectivity index (χ3v) is 4.99. The molecule has 1 amide bonds. The molecule has 2 aliphatic rings. The molecule has 1 aliphatic carbocycles. The quantitative estimate of drug-likeness (QED) is 0.821. The summed E-state index contributed by atoms with van der Waals surface area (Å²) < 4.78 is 0. The molecule has 3 nitrogen and oxygen atoms in total. The van der Waals surface area contributed by atoms with Gasteiger partial charge in [-0.15, -0.1) is 0 Å². The van der Waals surface area contributed by atoms with Crippen molar-refractivity contribution in [2.24, 2.45) is 11.8 Å². The molecule has 0 aromatic rings. The van der Waals surface area contributed by atoms with Gasteiger partial charge in [-0.05, 0) is 57.9 Å². The van der Waals surface area contributed by atoms with Crippen molar-refractivity contribution in [3.05, 3.63) is 0 Å². The number of rotatable bonds is 4. The number of hydrogen-bond acceptors (Lipinski definition) is 2. The number of nitrogens with one attached hydrogen (secondary N) is 2. The van der Waals surface area contributed by atoms with Crippen molar-refractivity contribution in [2.75, 3.05) is 6.54 Å². The summed E-state index contributed by atoms with van der Waals surface area (Å²) in [5.41, 5.74) is 0. The van der Waals surface area contributed by atoms with E-state index in [0.717, 1.165) is 25.3 Å². The summed E-state index contributed by atoms with van der Waals surface area (Å²) in [6.07, 6.45) is 9.82. The van der Waals surface area contributed by atoms with E-state index in [1.54, 1.807) is 0 Å². The Morgan fingerprint density at radius 1 is 1.21 bits per heavy atom. The third kappa shape index (κ3) is 4.20. The average Bonchev–Trinajstić information content (AvgIpc) is 2.42. The van der Waals surface area contributed by atoms with Gasteiger partial charge in [-0.1, -0.05) is 19.8 Å². The molecule has 0 radical (unpaired) electrons. The number of amides is 1. The molecule has 2 rings (SSSR count). The molecule has 1 aliphatic heterocycles. The van der Waals surface area contributed by atoms with Crippen molar-refractivity contribution in [3.63, 3.8) is 0 Å². The number of piperidine rings is 1. The van der Waals surface area contributed by atoms with Crippen molar-refractivity contribution >= 4 is 5.91 Å². The second-order valence-corrected chi connectivity index (χ2v) is 6.51. The summed E-state index contributed by atoms with van der Waals surface area (Å²) in [5.74, 6) is 1.38. The molecule has 2 fully saturated rings. The van der Waals surface area contributed by atoms with E-state index in [1.807, 2.05) is 0 Å². The summed E-state index contributed by atoms with van der Waals surface area (Å²) in [6.45, 7) is 5.47. The lowest BCUT2D eigenvalue weighted by Crippen LogP contribution is -2.49. The first-order valence-corrected chi connectivity index (χ1v) is 8.24. The molecule has 0 spiro atoms. The molecular formula is C16H30N2O. The van der Waals surface area contributed by atoms with E-state index in [2.05, 4.69) is 24.5 Å². The lowest BCUT2D eigenvalue weighted by Gasteiger charge is -2.33. The van der Waals surface area contributed by atoms with Crippen molar-refractivity contribution in [1.29, 1.82) is 0 Å². The zero-order valence-corrected chi connectivity index (χ0v) is 12.6. The Morgan fingerprint density at radius 3 is 2.58 bits per heavy atom. The fraction of sp³-hybridized carbons (Fsp3) is 0.938. The maximum absolute atomic E-state index is 12.3. The highest BCUT2D eigenvalue weighted by atomic mass is 16.2. The molecule has 19 heavy (non-hydrogen) atoms. The third-order valence-electron chi connectivity index (χ3n) is 4.99. The molecule has 1 saturated heterocycles. The van der Waals surface area contributed by atoms with Crippen LogP contribution < -0.4 is 10.6 Å². The molecule has 2 unspecified atom stereocenters. The first-order chi connectivity index (χ1) is 9.20. The zero-order valence-electron chi connectivity index (χ0n) is 12.6. The molecule has 1 heterocycles. The van der Waals surface area contributed by atoms with Gasteiger partial charge in [0.2, 0.25) is 5.91 Å². The van der Waals surface area contributed by atoms with Gasteiger partial charge in [0.15, 0.2) is 0 Å². The summed E-state index contributed by atoms with van der Waals surface area (Å²) in [4.78, 5) is 12.3. The first kappa shape index (κ1) is 14.8. The van der Waals surface area contributed by atoms with Crippen LogP contribution in [-0.2, 0) is 4.79 Å². The normalized spacial score (nSPS) is 35.9. The standard InChI is InChI=1S/C16H30N2O/c1-3-5-13-7-9-14(10-8-13)18-16(19)15-6-4-11-17-12(15)2/h12-15,17H,3-11H2,1-2H3,(H,18,19). The van der Waals surface area contributed by atoms with Gasteiger partial charge in [0.25, 0.3) is 0 Å². The first-order valence-electron chi connectivity index (χ1n) is 8.24. The van der Waals surface area contributed by atoms with E-state index in [1.165, 1.54) is 38.5 Å². The lowest BCUT2D eigenvalue weighted by molar-refractivity contribution is -0.127. The number of hydrogen-bond donors (Lipinski definition) is 2. The predicted molar refractivity (Wildman–Crippen MR) is 79.0 cm³/mol. The number of carbonyl (C=O) groups is 1. The van der Waals surface area contributed by atoms with Crippen molar-refractivity contribution in [2.45, 2.75) is 77.3 Å². The van der Waals surface area contributed by atoms with Crippen LogP contribution in [-0.4, -0.2) is 24.5 Å². The Bertz CT molecular complexity index is 284. The highest BCUT2D eigenvalue weighted by Gasteiger charge is 2.30. The molecule has 3 heteroatoms. The Kier molecular flexibility index (Phi) is 5.68. The van der Waals surface area contributed by atoms with E-state index in [9.17, 15) is 4.79 Å². The second-order valence-electron chi connectivity index (χ2n) is 6.51. The van der Waals surface area contributed by atoms with Gasteiger partial charge >= 0.3 is 0 Å². The summed E-state index contributed by atoms with van der Waals surface area (Å²) in [5, 5.41) is 6.72. The van der Waals surface area contributed by atoms with Gasteiger partial charge in [-0.2, -0.15) is 0 Å². The average molecular weight is 266 g/mol. The van der Waals surface area contributed by atoms with E-state index in [4.69, 9.17) is 0 Å². The number of carbonyl (C=O) groups excluding carboxylic acids is 1. The minimum absolute atomic E-state index is 0.183. The molecule has 0 aromatic heterocycles. The smallest absolute Gasteiger partial charge is 0.224 e. The van der Waals surface area contributed by atoms with Crippen LogP contribution in [0, 0.1) is 11.8 Å². The van der Waals surface area contributed by atoms with Gasteiger partial charge in [0.1, 0.15) is 0 Å². The van der Waals surface area contributed by atoms with Gasteiger partial charge in [-0.3, -0.25) is 4.79 Å². The van der Waals surface area contributed by atoms with Crippen LogP contribution >= 0.6 is 0 Å². The van der Waals surface area contributed by atoms with Crippen molar-refractivity contribution in [1.82, 2.24) is 10.6 Å². The van der Waals surface area contributed by atoms with Crippen LogP contribution in [0.4, 0.5) is 0 Å². The fourth-order valence-corrected chi connectivity index (χ4v) is 3.71. The van der Waals surface area contributed by atoms with Crippen LogP contribution in [0.15, 0.2) is 0 Å².